The average Bonchev–Trinajstić information content (AvgIpc) is 3.23. The molecule has 3 aromatic carbocycles. The van der Waals surface area contributed by atoms with Crippen LogP contribution in [0.5, 0.6) is 17.2 Å². The van der Waals surface area contributed by atoms with E-state index in [1.54, 1.807) is 36.4 Å². The first-order valence-electron chi connectivity index (χ1n) is 11.1. The third kappa shape index (κ3) is 4.80. The summed E-state index contributed by atoms with van der Waals surface area (Å²) in [5.41, 5.74) is 7.85. The molecule has 6 nitrogen and oxygen atoms in total. The molecule has 0 fully saturated rings. The minimum atomic E-state index is -0.663. The number of benzene rings is 3. The standard InChI is InChI=1S/C28H17Cl3N2O4S/c1-2-8-35-16-5-3-4-14(9-16)23-18-7-6-17(12-21(18)37-27(33)19(23)13-32)36-28(34)26-25(31)24-20(30)10-15(29)11-22(24)38-26/h2-7,9-12,23H,1,8,33H2. The number of allylic oxidation sites excluding steroid dienone is 1. The van der Waals surface area contributed by atoms with Gasteiger partial charge >= 0.3 is 5.97 Å². The van der Waals surface area contributed by atoms with E-state index in [9.17, 15) is 10.1 Å². The van der Waals surface area contributed by atoms with Crippen molar-refractivity contribution < 1.29 is 19.0 Å². The second-order valence-corrected chi connectivity index (χ2v) is 10.5. The molecule has 2 N–H and O–H groups in total. The number of ether oxygens (including phenoxy) is 3. The van der Waals surface area contributed by atoms with Gasteiger partial charge in [0.25, 0.3) is 0 Å². The highest BCUT2D eigenvalue weighted by molar-refractivity contribution is 7.21. The normalized spacial score (nSPS) is 14.4. The molecule has 0 saturated heterocycles. The number of hydrogen-bond acceptors (Lipinski definition) is 7. The molecule has 38 heavy (non-hydrogen) atoms. The predicted molar refractivity (Wildman–Crippen MR) is 150 cm³/mol. The minimum Gasteiger partial charge on any atom is -0.490 e. The molecule has 0 spiro atoms. The molecular formula is C28H17Cl3N2O4S. The lowest BCUT2D eigenvalue weighted by atomic mass is 9.83. The number of nitriles is 1. The first kappa shape index (κ1) is 26.0. The number of nitrogens with zero attached hydrogens (tertiary/aromatic N) is 1. The maximum Gasteiger partial charge on any atom is 0.355 e. The molecule has 0 amide bonds. The number of fused-ring (bicyclic) bond motifs is 2. The summed E-state index contributed by atoms with van der Waals surface area (Å²) in [7, 11) is 0. The minimum absolute atomic E-state index is 0.0371. The number of hydrogen-bond donors (Lipinski definition) is 1. The van der Waals surface area contributed by atoms with Crippen LogP contribution in [-0.2, 0) is 0 Å². The lowest BCUT2D eigenvalue weighted by Crippen LogP contribution is -2.21. The van der Waals surface area contributed by atoms with Gasteiger partial charge in [0.1, 0.15) is 40.4 Å². The monoisotopic (exact) mass is 582 g/mol. The molecule has 1 aliphatic rings. The van der Waals surface area contributed by atoms with Crippen LogP contribution in [0.25, 0.3) is 10.1 Å². The summed E-state index contributed by atoms with van der Waals surface area (Å²) in [4.78, 5) is 13.2. The second kappa shape index (κ2) is 10.6. The van der Waals surface area contributed by atoms with Crippen molar-refractivity contribution in [1.29, 1.82) is 5.26 Å². The van der Waals surface area contributed by atoms with Crippen molar-refractivity contribution in [2.24, 2.45) is 5.73 Å². The van der Waals surface area contributed by atoms with Crippen LogP contribution in [0.3, 0.4) is 0 Å². The molecule has 5 rings (SSSR count). The Morgan fingerprint density at radius 2 is 1.97 bits per heavy atom. The van der Waals surface area contributed by atoms with Crippen LogP contribution in [0.1, 0.15) is 26.7 Å². The third-order valence-corrected chi connectivity index (χ3v) is 7.92. The topological polar surface area (TPSA) is 94.6 Å². The number of halogens is 3. The molecule has 2 heterocycles. The quantitative estimate of drug-likeness (QED) is 0.141. The Bertz CT molecular complexity index is 1690. The van der Waals surface area contributed by atoms with Crippen LogP contribution in [-0.4, -0.2) is 12.6 Å². The van der Waals surface area contributed by atoms with E-state index < -0.39 is 11.9 Å². The van der Waals surface area contributed by atoms with Crippen molar-refractivity contribution in [3.63, 3.8) is 0 Å². The van der Waals surface area contributed by atoms with E-state index in [0.717, 1.165) is 16.9 Å². The van der Waals surface area contributed by atoms with Crippen molar-refractivity contribution >= 4 is 62.2 Å². The van der Waals surface area contributed by atoms with Crippen LogP contribution >= 0.6 is 46.1 Å². The predicted octanol–water partition coefficient (Wildman–Crippen LogP) is 7.86. The Hall–Kier alpha value is -3.67. The van der Waals surface area contributed by atoms with E-state index in [1.165, 1.54) is 0 Å². The molecule has 10 heteroatoms. The van der Waals surface area contributed by atoms with Gasteiger partial charge in [0.05, 0.1) is 16.0 Å². The average molecular weight is 584 g/mol. The Morgan fingerprint density at radius 3 is 2.74 bits per heavy atom. The van der Waals surface area contributed by atoms with E-state index >= 15 is 0 Å². The van der Waals surface area contributed by atoms with Crippen molar-refractivity contribution in [2.75, 3.05) is 6.61 Å². The Morgan fingerprint density at radius 1 is 1.16 bits per heavy atom. The largest absolute Gasteiger partial charge is 0.490 e. The van der Waals surface area contributed by atoms with Gasteiger partial charge in [-0.25, -0.2) is 4.79 Å². The summed E-state index contributed by atoms with van der Waals surface area (Å²) in [6.07, 6.45) is 1.65. The van der Waals surface area contributed by atoms with Crippen molar-refractivity contribution in [3.8, 4) is 23.3 Å². The first-order valence-corrected chi connectivity index (χ1v) is 13.1. The summed E-state index contributed by atoms with van der Waals surface area (Å²) >= 11 is 20.0. The van der Waals surface area contributed by atoms with E-state index in [4.69, 9.17) is 54.7 Å². The SMILES string of the molecule is C=CCOc1cccc(C2C(C#N)=C(N)Oc3cc(OC(=O)c4sc5cc(Cl)cc(Cl)c5c4Cl)ccc32)c1. The van der Waals surface area contributed by atoms with Gasteiger partial charge in [-0.1, -0.05) is 65.7 Å². The number of carbonyl (C=O) groups excluding carboxylic acids is 1. The molecule has 0 saturated carbocycles. The van der Waals surface area contributed by atoms with Crippen LogP contribution < -0.4 is 19.9 Å². The summed E-state index contributed by atoms with van der Waals surface area (Å²) in [6.45, 7) is 4.00. The highest BCUT2D eigenvalue weighted by Gasteiger charge is 2.31. The van der Waals surface area contributed by atoms with Crippen LogP contribution in [0.4, 0.5) is 0 Å². The molecule has 1 unspecified atom stereocenters. The first-order chi connectivity index (χ1) is 18.3. The van der Waals surface area contributed by atoms with Crippen molar-refractivity contribution in [3.05, 3.63) is 110 Å². The summed E-state index contributed by atoms with van der Waals surface area (Å²) in [6, 6.07) is 17.6. The number of nitrogens with two attached hydrogens (primary N) is 1. The Balaban J connectivity index is 1.48. The fourth-order valence-corrected chi connectivity index (χ4v) is 6.42. The van der Waals surface area contributed by atoms with Crippen molar-refractivity contribution in [1.82, 2.24) is 0 Å². The zero-order chi connectivity index (χ0) is 27.0. The molecule has 0 bridgehead atoms. The Kier molecular flexibility index (Phi) is 7.24. The summed E-state index contributed by atoms with van der Waals surface area (Å²) in [5.74, 6) is -0.0231. The lowest BCUT2D eigenvalue weighted by molar-refractivity contribution is 0.0740. The highest BCUT2D eigenvalue weighted by Crippen LogP contribution is 2.45. The fraction of sp³-hybridized carbons (Fsp3) is 0.0714. The van der Waals surface area contributed by atoms with Gasteiger partial charge < -0.3 is 19.9 Å². The lowest BCUT2D eigenvalue weighted by Gasteiger charge is -2.27. The van der Waals surface area contributed by atoms with Crippen molar-refractivity contribution in [2.45, 2.75) is 5.92 Å². The van der Waals surface area contributed by atoms with Crippen LogP contribution in [0.15, 0.2) is 78.7 Å². The van der Waals surface area contributed by atoms with E-state index in [1.807, 2.05) is 24.3 Å². The summed E-state index contributed by atoms with van der Waals surface area (Å²) < 4.78 is 17.7. The second-order valence-electron chi connectivity index (χ2n) is 8.19. The molecule has 190 valence electrons. The third-order valence-electron chi connectivity index (χ3n) is 5.80. The van der Waals surface area contributed by atoms with E-state index in [-0.39, 0.29) is 27.1 Å². The molecule has 0 aliphatic carbocycles. The van der Waals surface area contributed by atoms with Gasteiger partial charge in [0, 0.05) is 26.7 Å². The molecule has 4 aromatic rings. The van der Waals surface area contributed by atoms with Gasteiger partial charge in [-0.3, -0.25) is 0 Å². The zero-order valence-corrected chi connectivity index (χ0v) is 22.5. The smallest absolute Gasteiger partial charge is 0.355 e. The molecular weight excluding hydrogens is 567 g/mol. The van der Waals surface area contributed by atoms with E-state index in [0.29, 0.717) is 43.8 Å². The fourth-order valence-electron chi connectivity index (χ4n) is 4.18. The number of rotatable bonds is 6. The van der Waals surface area contributed by atoms with Gasteiger partial charge in [0.2, 0.25) is 5.88 Å². The molecule has 0 radical (unpaired) electrons. The number of thiophene rings is 1. The number of carbonyl (C=O) groups is 1. The van der Waals surface area contributed by atoms with Gasteiger partial charge in [-0.15, -0.1) is 11.3 Å². The van der Waals surface area contributed by atoms with Gasteiger partial charge in [-0.2, -0.15) is 5.26 Å². The van der Waals surface area contributed by atoms with Gasteiger partial charge in [-0.05, 0) is 35.9 Å². The zero-order valence-electron chi connectivity index (χ0n) is 19.5. The Labute approximate surface area is 237 Å². The number of esters is 1. The summed E-state index contributed by atoms with van der Waals surface area (Å²) in [5, 5.41) is 11.3. The molecule has 1 aliphatic heterocycles. The maximum atomic E-state index is 13.0. The van der Waals surface area contributed by atoms with Crippen LogP contribution in [0, 0.1) is 11.3 Å². The van der Waals surface area contributed by atoms with E-state index in [2.05, 4.69) is 12.6 Å². The van der Waals surface area contributed by atoms with Crippen LogP contribution in [0.2, 0.25) is 15.1 Å². The van der Waals surface area contributed by atoms with Gasteiger partial charge in [0.15, 0.2) is 0 Å². The highest BCUT2D eigenvalue weighted by atomic mass is 35.5. The molecule has 1 aromatic heterocycles. The maximum absolute atomic E-state index is 13.0. The molecule has 1 atom stereocenters.